The second-order valence-corrected chi connectivity index (χ2v) is 5.08. The maximum atomic E-state index is 12.6. The molecule has 108 valence electrons. The van der Waals surface area contributed by atoms with Gasteiger partial charge >= 0.3 is 0 Å². The third-order valence-electron chi connectivity index (χ3n) is 3.62. The number of carbonyl (C=O) groups is 2. The number of nitrogens with zero attached hydrogens (tertiary/aromatic N) is 2. The van der Waals surface area contributed by atoms with Gasteiger partial charge in [0.2, 0.25) is 11.8 Å². The van der Waals surface area contributed by atoms with Crippen LogP contribution in [0.25, 0.3) is 10.9 Å². The van der Waals surface area contributed by atoms with Crippen LogP contribution in [0.4, 0.5) is 5.69 Å². The molecule has 0 bridgehead atoms. The van der Waals surface area contributed by atoms with E-state index in [-0.39, 0.29) is 17.9 Å². The average molecular weight is 286 g/mol. The predicted octanol–water partition coefficient (Wildman–Crippen LogP) is 0.265. The number of imide groups is 1. The van der Waals surface area contributed by atoms with Crippen LogP contribution in [0.3, 0.4) is 0 Å². The van der Waals surface area contributed by atoms with Crippen molar-refractivity contribution in [1.82, 2.24) is 14.9 Å². The SMILES string of the molecule is Cc1nc2cc(N)ccc2c(=O)n1[C@H]1CCC(=O)NC1=O. The zero-order chi connectivity index (χ0) is 15.1. The molecular formula is C14H14N4O3. The number of benzene rings is 1. The molecule has 1 atom stereocenters. The molecule has 7 heteroatoms. The molecule has 2 aromatic rings. The Morgan fingerprint density at radius 1 is 1.33 bits per heavy atom. The van der Waals surface area contributed by atoms with Crippen molar-refractivity contribution in [1.29, 1.82) is 0 Å². The van der Waals surface area contributed by atoms with Crippen molar-refractivity contribution in [2.75, 3.05) is 5.73 Å². The number of hydrogen-bond acceptors (Lipinski definition) is 5. The lowest BCUT2D eigenvalue weighted by Gasteiger charge is -2.24. The zero-order valence-corrected chi connectivity index (χ0v) is 11.4. The van der Waals surface area contributed by atoms with E-state index in [4.69, 9.17) is 5.73 Å². The highest BCUT2D eigenvalue weighted by Gasteiger charge is 2.30. The average Bonchev–Trinajstić information content (AvgIpc) is 2.40. The highest BCUT2D eigenvalue weighted by molar-refractivity contribution is 5.99. The van der Waals surface area contributed by atoms with Gasteiger partial charge in [0.15, 0.2) is 0 Å². The Hall–Kier alpha value is -2.70. The van der Waals surface area contributed by atoms with Crippen molar-refractivity contribution in [3.05, 3.63) is 34.4 Å². The Morgan fingerprint density at radius 2 is 2.10 bits per heavy atom. The molecule has 1 aromatic carbocycles. The van der Waals surface area contributed by atoms with Crippen LogP contribution in [0.5, 0.6) is 0 Å². The smallest absolute Gasteiger partial charge is 0.262 e. The van der Waals surface area contributed by atoms with Crippen molar-refractivity contribution >= 4 is 28.4 Å². The molecule has 1 aliphatic heterocycles. The van der Waals surface area contributed by atoms with Gasteiger partial charge in [-0.05, 0) is 31.5 Å². The normalized spacial score (nSPS) is 18.8. The van der Waals surface area contributed by atoms with E-state index in [2.05, 4.69) is 10.3 Å². The van der Waals surface area contributed by atoms with Gasteiger partial charge in [-0.1, -0.05) is 0 Å². The lowest BCUT2D eigenvalue weighted by molar-refractivity contribution is -0.135. The van der Waals surface area contributed by atoms with Crippen LogP contribution in [-0.4, -0.2) is 21.4 Å². The topological polar surface area (TPSA) is 107 Å². The number of amides is 2. The molecule has 0 spiro atoms. The Balaban J connectivity index is 2.19. The third kappa shape index (κ3) is 2.16. The van der Waals surface area contributed by atoms with Gasteiger partial charge in [-0.3, -0.25) is 24.3 Å². The summed E-state index contributed by atoms with van der Waals surface area (Å²) in [6, 6.07) is 4.14. The minimum atomic E-state index is -0.704. The number of anilines is 1. The first-order chi connectivity index (χ1) is 9.97. The summed E-state index contributed by atoms with van der Waals surface area (Å²) in [4.78, 5) is 40.1. The van der Waals surface area contributed by atoms with E-state index in [9.17, 15) is 14.4 Å². The number of rotatable bonds is 1. The van der Waals surface area contributed by atoms with E-state index in [0.29, 0.717) is 28.8 Å². The minimum absolute atomic E-state index is 0.210. The second kappa shape index (κ2) is 4.69. The van der Waals surface area contributed by atoms with Gasteiger partial charge in [0.1, 0.15) is 11.9 Å². The molecule has 0 aliphatic carbocycles. The predicted molar refractivity (Wildman–Crippen MR) is 76.6 cm³/mol. The molecule has 0 unspecified atom stereocenters. The Kier molecular flexibility index (Phi) is 2.97. The lowest BCUT2D eigenvalue weighted by Crippen LogP contribution is -2.45. The maximum Gasteiger partial charge on any atom is 0.262 e. The number of aromatic nitrogens is 2. The number of aryl methyl sites for hydroxylation is 1. The summed E-state index contributed by atoms with van der Waals surface area (Å²) in [7, 11) is 0. The summed E-state index contributed by atoms with van der Waals surface area (Å²) in [5.41, 5.74) is 6.41. The first-order valence-electron chi connectivity index (χ1n) is 6.59. The van der Waals surface area contributed by atoms with E-state index < -0.39 is 11.9 Å². The Morgan fingerprint density at radius 3 is 2.81 bits per heavy atom. The van der Waals surface area contributed by atoms with E-state index in [1.54, 1.807) is 25.1 Å². The van der Waals surface area contributed by atoms with Crippen molar-refractivity contribution in [3.8, 4) is 0 Å². The molecular weight excluding hydrogens is 272 g/mol. The van der Waals surface area contributed by atoms with Crippen LogP contribution in [0, 0.1) is 6.92 Å². The largest absolute Gasteiger partial charge is 0.399 e. The Labute approximate surface area is 119 Å². The molecule has 1 fully saturated rings. The molecule has 21 heavy (non-hydrogen) atoms. The number of hydrogen-bond donors (Lipinski definition) is 2. The van der Waals surface area contributed by atoms with E-state index >= 15 is 0 Å². The first kappa shape index (κ1) is 13.3. The van der Waals surface area contributed by atoms with Gasteiger partial charge in [-0.15, -0.1) is 0 Å². The van der Waals surface area contributed by atoms with Crippen molar-refractivity contribution in [3.63, 3.8) is 0 Å². The van der Waals surface area contributed by atoms with Gasteiger partial charge in [-0.2, -0.15) is 0 Å². The number of nitrogens with one attached hydrogen (secondary N) is 1. The van der Waals surface area contributed by atoms with Gasteiger partial charge in [0.25, 0.3) is 5.56 Å². The maximum absolute atomic E-state index is 12.6. The molecule has 1 saturated heterocycles. The number of fused-ring (bicyclic) bond motifs is 1. The van der Waals surface area contributed by atoms with Gasteiger partial charge < -0.3 is 5.73 Å². The fraction of sp³-hybridized carbons (Fsp3) is 0.286. The van der Waals surface area contributed by atoms with Crippen molar-refractivity contribution in [2.45, 2.75) is 25.8 Å². The summed E-state index contributed by atoms with van der Waals surface area (Å²) in [5, 5.41) is 2.66. The second-order valence-electron chi connectivity index (χ2n) is 5.08. The minimum Gasteiger partial charge on any atom is -0.399 e. The zero-order valence-electron chi connectivity index (χ0n) is 11.4. The van der Waals surface area contributed by atoms with Crippen LogP contribution in [-0.2, 0) is 9.59 Å². The summed E-state index contributed by atoms with van der Waals surface area (Å²) in [6.07, 6.45) is 0.510. The highest BCUT2D eigenvalue weighted by Crippen LogP contribution is 2.20. The molecule has 0 radical (unpaired) electrons. The van der Waals surface area contributed by atoms with Crippen LogP contribution in [0.15, 0.2) is 23.0 Å². The molecule has 2 heterocycles. The van der Waals surface area contributed by atoms with Crippen LogP contribution in [0.2, 0.25) is 0 Å². The fourth-order valence-electron chi connectivity index (χ4n) is 2.62. The van der Waals surface area contributed by atoms with Crippen molar-refractivity contribution < 1.29 is 9.59 Å². The lowest BCUT2D eigenvalue weighted by atomic mass is 10.1. The van der Waals surface area contributed by atoms with Crippen molar-refractivity contribution in [2.24, 2.45) is 0 Å². The summed E-state index contributed by atoms with van der Waals surface area (Å²) < 4.78 is 1.35. The number of piperidine rings is 1. The fourth-order valence-corrected chi connectivity index (χ4v) is 2.62. The van der Waals surface area contributed by atoms with Crippen LogP contribution < -0.4 is 16.6 Å². The number of nitrogens with two attached hydrogens (primary N) is 1. The molecule has 1 aliphatic rings. The van der Waals surface area contributed by atoms with E-state index in [1.807, 2.05) is 0 Å². The molecule has 2 amide bonds. The van der Waals surface area contributed by atoms with Gasteiger partial charge in [0, 0.05) is 12.1 Å². The van der Waals surface area contributed by atoms with Gasteiger partial charge in [-0.25, -0.2) is 4.98 Å². The molecule has 0 saturated carbocycles. The molecule has 1 aromatic heterocycles. The molecule has 3 N–H and O–H groups in total. The van der Waals surface area contributed by atoms with Crippen LogP contribution in [0.1, 0.15) is 24.7 Å². The Bertz CT molecular complexity index is 825. The van der Waals surface area contributed by atoms with Gasteiger partial charge in [0.05, 0.1) is 10.9 Å². The highest BCUT2D eigenvalue weighted by atomic mass is 16.2. The third-order valence-corrected chi connectivity index (χ3v) is 3.62. The monoisotopic (exact) mass is 286 g/mol. The number of nitrogen functional groups attached to an aromatic ring is 1. The number of carbonyl (C=O) groups excluding carboxylic acids is 2. The van der Waals surface area contributed by atoms with Crippen LogP contribution >= 0.6 is 0 Å². The summed E-state index contributed by atoms with van der Waals surface area (Å²) in [5.74, 6) is -0.357. The summed E-state index contributed by atoms with van der Waals surface area (Å²) in [6.45, 7) is 1.66. The first-order valence-corrected chi connectivity index (χ1v) is 6.59. The molecule has 3 rings (SSSR count). The standard InChI is InChI=1S/C14H14N4O3/c1-7-16-10-6-8(15)2-3-9(10)14(21)18(7)11-4-5-12(19)17-13(11)20/h2-3,6,11H,4-5,15H2,1H3,(H,17,19,20)/t11-/m0/s1. The molecule has 7 nitrogen and oxygen atoms in total. The summed E-state index contributed by atoms with van der Waals surface area (Å²) >= 11 is 0. The van der Waals surface area contributed by atoms with E-state index in [0.717, 1.165) is 0 Å². The quantitative estimate of drug-likeness (QED) is 0.578. The van der Waals surface area contributed by atoms with E-state index in [1.165, 1.54) is 4.57 Å².